The van der Waals surface area contributed by atoms with E-state index in [4.69, 9.17) is 11.5 Å². The summed E-state index contributed by atoms with van der Waals surface area (Å²) in [7, 11) is 0. The topological polar surface area (TPSA) is 69.1 Å². The molecule has 0 aliphatic rings. The molecule has 0 heterocycles. The first-order valence-corrected chi connectivity index (χ1v) is 4.97. The molecule has 0 aliphatic carbocycles. The Kier molecular flexibility index (Phi) is 8.08. The third kappa shape index (κ3) is 7.71. The van der Waals surface area contributed by atoms with Crippen molar-refractivity contribution in [3.05, 3.63) is 23.8 Å². The van der Waals surface area contributed by atoms with Crippen LogP contribution in [0.25, 0.3) is 0 Å². The lowest BCUT2D eigenvalue weighted by Crippen LogP contribution is -2.29. The van der Waals surface area contributed by atoms with Gasteiger partial charge in [0.2, 0.25) is 0 Å². The lowest BCUT2D eigenvalue weighted by atomic mass is 10.1. The highest BCUT2D eigenvalue weighted by Crippen LogP contribution is 2.08. The molecule has 0 saturated carbocycles. The van der Waals surface area contributed by atoms with Gasteiger partial charge in [0.25, 0.3) is 0 Å². The van der Waals surface area contributed by atoms with Crippen molar-refractivity contribution in [1.82, 2.24) is 0 Å². The molecule has 3 heteroatoms. The molecule has 0 aromatic rings. The normalized spacial score (nSPS) is 12.7. The van der Waals surface area contributed by atoms with Crippen LogP contribution in [0.1, 0.15) is 32.6 Å². The van der Waals surface area contributed by atoms with Crippen molar-refractivity contribution in [1.29, 1.82) is 0 Å². The molecule has 3 nitrogen and oxygen atoms in total. The highest BCUT2D eigenvalue weighted by atomic mass is 16.1. The number of allylic oxidation sites excluding steroid dienone is 3. The summed E-state index contributed by atoms with van der Waals surface area (Å²) in [6.45, 7) is 1.99. The first kappa shape index (κ1) is 13.1. The number of carbonyl (C=O) groups excluding carboxylic acids is 1. The molecule has 4 N–H and O–H groups in total. The maximum absolute atomic E-state index is 10.1. The molecule has 0 radical (unpaired) electrons. The Morgan fingerprint density at radius 2 is 2.14 bits per heavy atom. The van der Waals surface area contributed by atoms with Gasteiger partial charge in [0.05, 0.1) is 6.17 Å². The van der Waals surface area contributed by atoms with E-state index >= 15 is 0 Å². The largest absolute Gasteiger partial charge is 0.316 e. The van der Waals surface area contributed by atoms with Gasteiger partial charge in [0.1, 0.15) is 6.29 Å². The number of carbonyl (C=O) groups is 1. The smallest absolute Gasteiger partial charge is 0.120 e. The maximum atomic E-state index is 10.1. The Labute approximate surface area is 85.9 Å². The lowest BCUT2D eigenvalue weighted by molar-refractivity contribution is -0.107. The van der Waals surface area contributed by atoms with Crippen molar-refractivity contribution in [2.45, 2.75) is 38.8 Å². The molecule has 0 fully saturated rings. The molecule has 0 aliphatic heterocycles. The van der Waals surface area contributed by atoms with Crippen LogP contribution in [-0.4, -0.2) is 12.5 Å². The molecule has 0 atom stereocenters. The third-order valence-corrected chi connectivity index (χ3v) is 1.90. The number of unbranched alkanes of at least 4 members (excludes halogenated alkanes) is 1. The highest BCUT2D eigenvalue weighted by molar-refractivity contribution is 5.49. The number of hydrogen-bond acceptors (Lipinski definition) is 3. The fourth-order valence-corrected chi connectivity index (χ4v) is 1.09. The van der Waals surface area contributed by atoms with Crippen LogP contribution >= 0.6 is 0 Å². The SMILES string of the molecule is CC=C(C=CCC(N)N)CCCC=O. The Bertz CT molecular complexity index is 207. The summed E-state index contributed by atoms with van der Waals surface area (Å²) in [5, 5.41) is 0. The summed E-state index contributed by atoms with van der Waals surface area (Å²) in [5.41, 5.74) is 12.0. The van der Waals surface area contributed by atoms with E-state index in [1.54, 1.807) is 0 Å². The van der Waals surface area contributed by atoms with Crippen molar-refractivity contribution >= 4 is 6.29 Å². The summed E-state index contributed by atoms with van der Waals surface area (Å²) < 4.78 is 0. The van der Waals surface area contributed by atoms with Crippen LogP contribution in [0, 0.1) is 0 Å². The predicted octanol–water partition coefficient (Wildman–Crippen LogP) is 1.49. The fraction of sp³-hybridized carbons (Fsp3) is 0.545. The predicted molar refractivity (Wildman–Crippen MR) is 59.6 cm³/mol. The van der Waals surface area contributed by atoms with Gasteiger partial charge in [-0.15, -0.1) is 0 Å². The minimum Gasteiger partial charge on any atom is -0.316 e. The average Bonchev–Trinajstić information content (AvgIpc) is 2.15. The molecule has 0 bridgehead atoms. The van der Waals surface area contributed by atoms with Crippen LogP contribution in [0.5, 0.6) is 0 Å². The van der Waals surface area contributed by atoms with Gasteiger partial charge in [-0.1, -0.05) is 23.8 Å². The van der Waals surface area contributed by atoms with E-state index in [0.29, 0.717) is 12.8 Å². The Morgan fingerprint density at radius 3 is 2.64 bits per heavy atom. The molecule has 14 heavy (non-hydrogen) atoms. The Balaban J connectivity index is 3.79. The second kappa shape index (κ2) is 8.66. The molecule has 0 rings (SSSR count). The quantitative estimate of drug-likeness (QED) is 0.280. The zero-order chi connectivity index (χ0) is 10.8. The van der Waals surface area contributed by atoms with Gasteiger partial charge in [-0.3, -0.25) is 0 Å². The maximum Gasteiger partial charge on any atom is 0.120 e. The number of aldehydes is 1. The Morgan fingerprint density at radius 1 is 1.43 bits per heavy atom. The van der Waals surface area contributed by atoms with Gasteiger partial charge in [0.15, 0.2) is 0 Å². The molecule has 0 aromatic carbocycles. The van der Waals surface area contributed by atoms with Gasteiger partial charge in [-0.05, 0) is 26.2 Å². The van der Waals surface area contributed by atoms with Crippen molar-refractivity contribution in [3.8, 4) is 0 Å². The minimum absolute atomic E-state index is 0.278. The first-order valence-electron chi connectivity index (χ1n) is 4.97. The molecule has 0 unspecified atom stereocenters. The monoisotopic (exact) mass is 196 g/mol. The van der Waals surface area contributed by atoms with E-state index in [0.717, 1.165) is 19.1 Å². The van der Waals surface area contributed by atoms with Crippen molar-refractivity contribution < 1.29 is 4.79 Å². The van der Waals surface area contributed by atoms with Gasteiger partial charge in [-0.2, -0.15) is 0 Å². The lowest BCUT2D eigenvalue weighted by Gasteiger charge is -2.01. The van der Waals surface area contributed by atoms with Gasteiger partial charge >= 0.3 is 0 Å². The standard InChI is InChI=1S/C11H20N2O/c1-2-10(6-3-4-9-14)7-5-8-11(12)13/h2,5,7,9,11H,3-4,6,8,12-13H2,1H3. The van der Waals surface area contributed by atoms with E-state index in [-0.39, 0.29) is 6.17 Å². The molecule has 0 saturated heterocycles. The van der Waals surface area contributed by atoms with Crippen LogP contribution in [0.4, 0.5) is 0 Å². The number of nitrogens with two attached hydrogens (primary N) is 2. The van der Waals surface area contributed by atoms with Crippen LogP contribution in [0.2, 0.25) is 0 Å². The zero-order valence-electron chi connectivity index (χ0n) is 8.78. The zero-order valence-corrected chi connectivity index (χ0v) is 8.78. The summed E-state index contributed by atoms with van der Waals surface area (Å²) in [4.78, 5) is 10.1. The van der Waals surface area contributed by atoms with Crippen LogP contribution < -0.4 is 11.5 Å². The van der Waals surface area contributed by atoms with E-state index in [9.17, 15) is 4.79 Å². The van der Waals surface area contributed by atoms with Crippen molar-refractivity contribution in [2.75, 3.05) is 0 Å². The molecule has 0 spiro atoms. The van der Waals surface area contributed by atoms with Crippen molar-refractivity contribution in [3.63, 3.8) is 0 Å². The van der Waals surface area contributed by atoms with Crippen LogP contribution in [0.3, 0.4) is 0 Å². The van der Waals surface area contributed by atoms with Gasteiger partial charge in [0, 0.05) is 6.42 Å². The molecular weight excluding hydrogens is 176 g/mol. The van der Waals surface area contributed by atoms with E-state index < -0.39 is 0 Å². The second-order valence-electron chi connectivity index (χ2n) is 3.22. The summed E-state index contributed by atoms with van der Waals surface area (Å²) in [5.74, 6) is 0. The second-order valence-corrected chi connectivity index (χ2v) is 3.22. The van der Waals surface area contributed by atoms with Gasteiger partial charge < -0.3 is 16.3 Å². The number of hydrogen-bond donors (Lipinski definition) is 2. The van der Waals surface area contributed by atoms with E-state index in [1.165, 1.54) is 5.57 Å². The molecule has 0 amide bonds. The van der Waals surface area contributed by atoms with E-state index in [1.807, 2.05) is 25.2 Å². The molecule has 0 aromatic heterocycles. The van der Waals surface area contributed by atoms with Crippen LogP contribution in [0.15, 0.2) is 23.8 Å². The fourth-order valence-electron chi connectivity index (χ4n) is 1.09. The minimum atomic E-state index is -0.278. The van der Waals surface area contributed by atoms with Crippen LogP contribution in [-0.2, 0) is 4.79 Å². The number of rotatable bonds is 7. The summed E-state index contributed by atoms with van der Waals surface area (Å²) in [6, 6.07) is 0. The summed E-state index contributed by atoms with van der Waals surface area (Å²) in [6.07, 6.45) is 9.87. The Hall–Kier alpha value is -0.930. The highest BCUT2D eigenvalue weighted by Gasteiger charge is 1.92. The molecule has 80 valence electrons. The summed E-state index contributed by atoms with van der Waals surface area (Å²) >= 11 is 0. The van der Waals surface area contributed by atoms with Gasteiger partial charge in [-0.25, -0.2) is 0 Å². The van der Waals surface area contributed by atoms with Crippen molar-refractivity contribution in [2.24, 2.45) is 11.5 Å². The molecular formula is C11H20N2O. The average molecular weight is 196 g/mol. The van der Waals surface area contributed by atoms with E-state index in [2.05, 4.69) is 0 Å². The first-order chi connectivity index (χ1) is 6.70. The third-order valence-electron chi connectivity index (χ3n) is 1.90.